The first-order chi connectivity index (χ1) is 7.79. The number of nitrogens with one attached hydrogen (secondary N) is 1. The summed E-state index contributed by atoms with van der Waals surface area (Å²) < 4.78 is 0. The van der Waals surface area contributed by atoms with Gasteiger partial charge in [0.1, 0.15) is 0 Å². The molecule has 1 saturated carbocycles. The van der Waals surface area contributed by atoms with Crippen LogP contribution in [0.15, 0.2) is 0 Å². The van der Waals surface area contributed by atoms with Crippen LogP contribution in [0.3, 0.4) is 0 Å². The molecule has 0 bridgehead atoms. The van der Waals surface area contributed by atoms with E-state index in [1.807, 2.05) is 4.90 Å². The minimum Gasteiger partial charge on any atom is -0.335 e. The molecule has 1 saturated heterocycles. The average Bonchev–Trinajstić information content (AvgIpc) is 2.24. The van der Waals surface area contributed by atoms with Gasteiger partial charge in [0.05, 0.1) is 0 Å². The van der Waals surface area contributed by atoms with Gasteiger partial charge in [-0.1, -0.05) is 0 Å². The molecule has 16 heavy (non-hydrogen) atoms. The second-order valence-electron chi connectivity index (χ2n) is 5.11. The van der Waals surface area contributed by atoms with Gasteiger partial charge in [0.25, 0.3) is 0 Å². The Balaban J connectivity index is 1.76. The number of nitrogens with two attached hydrogens (primary N) is 1. The van der Waals surface area contributed by atoms with E-state index >= 15 is 0 Å². The Labute approximate surface area is 97.6 Å². The third kappa shape index (κ3) is 2.88. The fourth-order valence-electron chi connectivity index (χ4n) is 2.54. The Morgan fingerprint density at radius 3 is 2.75 bits per heavy atom. The first-order valence-electron chi connectivity index (χ1n) is 6.55. The van der Waals surface area contributed by atoms with E-state index in [0.29, 0.717) is 12.0 Å². The van der Waals surface area contributed by atoms with Gasteiger partial charge in [-0.05, 0) is 51.0 Å². The van der Waals surface area contributed by atoms with Crippen LogP contribution in [0.4, 0.5) is 4.79 Å². The number of amides is 2. The molecule has 0 radical (unpaired) electrons. The lowest BCUT2D eigenvalue weighted by molar-refractivity contribution is 0.155. The SMILES string of the molecule is NCCC1CCCN(C(=O)NC2CCC2)C1. The summed E-state index contributed by atoms with van der Waals surface area (Å²) >= 11 is 0. The molecule has 0 aromatic carbocycles. The van der Waals surface area contributed by atoms with Gasteiger partial charge >= 0.3 is 6.03 Å². The topological polar surface area (TPSA) is 58.4 Å². The van der Waals surface area contributed by atoms with Crippen LogP contribution >= 0.6 is 0 Å². The van der Waals surface area contributed by atoms with E-state index in [0.717, 1.165) is 45.3 Å². The summed E-state index contributed by atoms with van der Waals surface area (Å²) in [6, 6.07) is 0.591. The van der Waals surface area contributed by atoms with Crippen LogP contribution in [-0.2, 0) is 0 Å². The molecule has 1 aliphatic heterocycles. The zero-order chi connectivity index (χ0) is 11.4. The van der Waals surface area contributed by atoms with E-state index in [4.69, 9.17) is 5.73 Å². The molecule has 2 fully saturated rings. The van der Waals surface area contributed by atoms with Crippen LogP contribution in [0.1, 0.15) is 38.5 Å². The second kappa shape index (κ2) is 5.53. The molecule has 3 N–H and O–H groups in total. The number of hydrogen-bond acceptors (Lipinski definition) is 2. The molecule has 2 rings (SSSR count). The third-order valence-corrected chi connectivity index (χ3v) is 3.81. The summed E-state index contributed by atoms with van der Waals surface area (Å²) in [6.07, 6.45) is 6.98. The van der Waals surface area contributed by atoms with Crippen molar-refractivity contribution < 1.29 is 4.79 Å². The molecule has 2 aliphatic rings. The van der Waals surface area contributed by atoms with Gasteiger partial charge in [-0.3, -0.25) is 0 Å². The molecular weight excluding hydrogens is 202 g/mol. The first-order valence-corrected chi connectivity index (χ1v) is 6.55. The van der Waals surface area contributed by atoms with E-state index in [2.05, 4.69) is 5.32 Å². The molecule has 1 atom stereocenters. The van der Waals surface area contributed by atoms with Crippen molar-refractivity contribution in [2.75, 3.05) is 19.6 Å². The van der Waals surface area contributed by atoms with Gasteiger partial charge in [-0.25, -0.2) is 4.79 Å². The first kappa shape index (κ1) is 11.7. The zero-order valence-electron chi connectivity index (χ0n) is 9.95. The van der Waals surface area contributed by atoms with Crippen LogP contribution < -0.4 is 11.1 Å². The third-order valence-electron chi connectivity index (χ3n) is 3.81. The van der Waals surface area contributed by atoms with E-state index < -0.39 is 0 Å². The van der Waals surface area contributed by atoms with Gasteiger partial charge in [0.15, 0.2) is 0 Å². The quantitative estimate of drug-likeness (QED) is 0.761. The number of nitrogens with zero attached hydrogens (tertiary/aromatic N) is 1. The lowest BCUT2D eigenvalue weighted by Gasteiger charge is -2.35. The minimum absolute atomic E-state index is 0.145. The van der Waals surface area contributed by atoms with E-state index in [1.165, 1.54) is 12.8 Å². The van der Waals surface area contributed by atoms with Crippen LogP contribution in [0.2, 0.25) is 0 Å². The fourth-order valence-corrected chi connectivity index (χ4v) is 2.54. The predicted octanol–water partition coefficient (Wildman–Crippen LogP) is 1.31. The number of carbonyl (C=O) groups excluding carboxylic acids is 1. The Bertz CT molecular complexity index is 238. The molecule has 1 aliphatic carbocycles. The molecular formula is C12H23N3O. The van der Waals surface area contributed by atoms with Crippen LogP contribution in [0, 0.1) is 5.92 Å². The van der Waals surface area contributed by atoms with Crippen molar-refractivity contribution in [3.8, 4) is 0 Å². The molecule has 1 unspecified atom stereocenters. The summed E-state index contributed by atoms with van der Waals surface area (Å²) in [5.41, 5.74) is 5.57. The minimum atomic E-state index is 0.145. The van der Waals surface area contributed by atoms with E-state index in [-0.39, 0.29) is 6.03 Å². The van der Waals surface area contributed by atoms with E-state index in [1.54, 1.807) is 0 Å². The number of piperidine rings is 1. The van der Waals surface area contributed by atoms with Gasteiger partial charge in [-0.2, -0.15) is 0 Å². The van der Waals surface area contributed by atoms with Gasteiger partial charge < -0.3 is 16.0 Å². The highest BCUT2D eigenvalue weighted by molar-refractivity contribution is 5.74. The highest BCUT2D eigenvalue weighted by Gasteiger charge is 2.26. The maximum absolute atomic E-state index is 11.9. The molecule has 0 aromatic heterocycles. The Hall–Kier alpha value is -0.770. The Morgan fingerprint density at radius 1 is 1.31 bits per heavy atom. The highest BCUT2D eigenvalue weighted by Crippen LogP contribution is 2.21. The fraction of sp³-hybridized carbons (Fsp3) is 0.917. The average molecular weight is 225 g/mol. The van der Waals surface area contributed by atoms with E-state index in [9.17, 15) is 4.79 Å². The summed E-state index contributed by atoms with van der Waals surface area (Å²) in [5.74, 6) is 0.617. The van der Waals surface area contributed by atoms with Crippen molar-refractivity contribution >= 4 is 6.03 Å². The maximum Gasteiger partial charge on any atom is 0.317 e. The standard InChI is InChI=1S/C12H23N3O/c13-7-6-10-3-2-8-15(9-10)12(16)14-11-4-1-5-11/h10-11H,1-9,13H2,(H,14,16). The van der Waals surface area contributed by atoms with Crippen LogP contribution in [-0.4, -0.2) is 36.6 Å². The number of rotatable bonds is 3. The van der Waals surface area contributed by atoms with Crippen molar-refractivity contribution in [3.05, 3.63) is 0 Å². The maximum atomic E-state index is 11.9. The Morgan fingerprint density at radius 2 is 2.12 bits per heavy atom. The molecule has 0 aromatic rings. The molecule has 92 valence electrons. The number of urea groups is 1. The van der Waals surface area contributed by atoms with Gasteiger partial charge in [0, 0.05) is 19.1 Å². The van der Waals surface area contributed by atoms with Crippen molar-refractivity contribution in [2.24, 2.45) is 11.7 Å². The lowest BCUT2D eigenvalue weighted by atomic mass is 9.93. The molecule has 2 amide bonds. The van der Waals surface area contributed by atoms with Crippen molar-refractivity contribution in [3.63, 3.8) is 0 Å². The smallest absolute Gasteiger partial charge is 0.317 e. The predicted molar refractivity (Wildman–Crippen MR) is 64.1 cm³/mol. The van der Waals surface area contributed by atoms with Gasteiger partial charge in [-0.15, -0.1) is 0 Å². The lowest BCUT2D eigenvalue weighted by Crippen LogP contribution is -2.50. The zero-order valence-corrected chi connectivity index (χ0v) is 9.95. The van der Waals surface area contributed by atoms with Crippen LogP contribution in [0.25, 0.3) is 0 Å². The molecule has 4 heteroatoms. The molecule has 0 spiro atoms. The highest BCUT2D eigenvalue weighted by atomic mass is 16.2. The van der Waals surface area contributed by atoms with Crippen molar-refractivity contribution in [2.45, 2.75) is 44.6 Å². The van der Waals surface area contributed by atoms with Crippen molar-refractivity contribution in [1.29, 1.82) is 0 Å². The largest absolute Gasteiger partial charge is 0.335 e. The normalized spacial score (nSPS) is 26.3. The monoisotopic (exact) mass is 225 g/mol. The summed E-state index contributed by atoms with van der Waals surface area (Å²) in [6.45, 7) is 2.55. The van der Waals surface area contributed by atoms with Crippen molar-refractivity contribution in [1.82, 2.24) is 10.2 Å². The number of carbonyl (C=O) groups is 1. The molecule has 4 nitrogen and oxygen atoms in total. The number of hydrogen-bond donors (Lipinski definition) is 2. The summed E-state index contributed by atoms with van der Waals surface area (Å²) in [4.78, 5) is 13.9. The Kier molecular flexibility index (Phi) is 4.04. The summed E-state index contributed by atoms with van der Waals surface area (Å²) in [5, 5.41) is 3.10. The van der Waals surface area contributed by atoms with Crippen LogP contribution in [0.5, 0.6) is 0 Å². The molecule has 1 heterocycles. The second-order valence-corrected chi connectivity index (χ2v) is 5.11. The van der Waals surface area contributed by atoms with Gasteiger partial charge in [0.2, 0.25) is 0 Å². The summed E-state index contributed by atoms with van der Waals surface area (Å²) in [7, 11) is 0. The number of likely N-dealkylation sites (tertiary alicyclic amines) is 1.